The first-order chi connectivity index (χ1) is 16.3. The molecule has 2 aromatic carbocycles. The van der Waals surface area contributed by atoms with Crippen LogP contribution in [0, 0.1) is 5.41 Å². The second kappa shape index (κ2) is 9.95. The summed E-state index contributed by atoms with van der Waals surface area (Å²) in [6.45, 7) is 4.75. The van der Waals surface area contributed by atoms with E-state index < -0.39 is 24.0 Å². The first kappa shape index (κ1) is 23.9. The lowest BCUT2D eigenvalue weighted by Crippen LogP contribution is -2.50. The number of fused-ring (bicyclic) bond motifs is 1. The number of allylic oxidation sites excluding steroid dienone is 4. The Morgan fingerprint density at radius 1 is 1.00 bits per heavy atom. The van der Waals surface area contributed by atoms with Gasteiger partial charge in [0.2, 0.25) is 0 Å². The van der Waals surface area contributed by atoms with Crippen molar-refractivity contribution >= 4 is 11.8 Å². The largest absolute Gasteiger partial charge is 0.380 e. The summed E-state index contributed by atoms with van der Waals surface area (Å²) in [5, 5.41) is 23.5. The molecule has 2 amide bonds. The molecule has 0 radical (unpaired) electrons. The normalized spacial score (nSPS) is 21.6. The van der Waals surface area contributed by atoms with Gasteiger partial charge in [0, 0.05) is 13.1 Å². The van der Waals surface area contributed by atoms with Crippen LogP contribution in [-0.2, 0) is 29.1 Å². The van der Waals surface area contributed by atoms with Gasteiger partial charge in [-0.15, -0.1) is 0 Å². The monoisotopic (exact) mass is 460 g/mol. The summed E-state index contributed by atoms with van der Waals surface area (Å²) in [6.07, 6.45) is 6.83. The number of nitrogens with one attached hydrogen (secondary N) is 1. The maximum atomic E-state index is 12.7. The first-order valence-electron chi connectivity index (χ1n) is 11.7. The van der Waals surface area contributed by atoms with E-state index in [1.807, 2.05) is 36.4 Å². The van der Waals surface area contributed by atoms with E-state index in [4.69, 9.17) is 0 Å². The lowest BCUT2D eigenvalue weighted by Gasteiger charge is -2.27. The van der Waals surface area contributed by atoms with Crippen LogP contribution in [0.3, 0.4) is 0 Å². The predicted octanol–water partition coefficient (Wildman–Crippen LogP) is 3.19. The van der Waals surface area contributed by atoms with Gasteiger partial charge in [0.05, 0.1) is 6.04 Å². The van der Waals surface area contributed by atoms with E-state index in [1.54, 1.807) is 6.92 Å². The first-order valence-corrected chi connectivity index (χ1v) is 11.7. The quantitative estimate of drug-likeness (QED) is 0.592. The standard InChI is InChI=1S/C28H32N2O4/c1-19(21-12-10-20(11-13-21)16-28(2)14-6-3-7-15-28)29-26(33)24(31)25(32)27(34)30-17-22-8-4-5-9-23(22)18-30/h3-14,19,24-25,31-32H,15-18H2,1-2H3,(H,29,33)/t19-,24+,25+,28?/m0/s1. The molecule has 1 unspecified atom stereocenters. The molecule has 2 aromatic rings. The minimum Gasteiger partial charge on any atom is -0.380 e. The summed E-state index contributed by atoms with van der Waals surface area (Å²) in [4.78, 5) is 26.7. The van der Waals surface area contributed by atoms with E-state index in [-0.39, 0.29) is 11.5 Å². The summed E-state index contributed by atoms with van der Waals surface area (Å²) in [7, 11) is 0. The molecule has 0 saturated carbocycles. The number of rotatable bonds is 7. The SMILES string of the molecule is C[C@H](NC(=O)[C@H](O)[C@@H](O)C(=O)N1Cc2ccccc2C1)c1ccc(CC2(C)C=CC=CC2)cc1. The van der Waals surface area contributed by atoms with E-state index in [2.05, 4.69) is 48.7 Å². The number of hydrogen-bond acceptors (Lipinski definition) is 4. The lowest BCUT2D eigenvalue weighted by atomic mass is 9.78. The summed E-state index contributed by atoms with van der Waals surface area (Å²) in [5.41, 5.74) is 4.19. The number of amides is 2. The Bertz CT molecular complexity index is 1080. The third kappa shape index (κ3) is 5.29. The van der Waals surface area contributed by atoms with Gasteiger partial charge in [0.15, 0.2) is 12.2 Å². The highest BCUT2D eigenvalue weighted by Gasteiger charge is 2.36. The molecule has 1 heterocycles. The van der Waals surface area contributed by atoms with Crippen LogP contribution in [0.1, 0.15) is 48.6 Å². The van der Waals surface area contributed by atoms with Gasteiger partial charge in [-0.1, -0.05) is 79.8 Å². The number of hydrogen-bond donors (Lipinski definition) is 3. The van der Waals surface area contributed by atoms with Gasteiger partial charge < -0.3 is 20.4 Å². The van der Waals surface area contributed by atoms with Gasteiger partial charge in [-0.2, -0.15) is 0 Å². The highest BCUT2D eigenvalue weighted by molar-refractivity contribution is 5.91. The van der Waals surface area contributed by atoms with E-state index in [9.17, 15) is 19.8 Å². The second-order valence-corrected chi connectivity index (χ2v) is 9.65. The van der Waals surface area contributed by atoms with E-state index in [1.165, 1.54) is 10.5 Å². The van der Waals surface area contributed by atoms with Crippen LogP contribution in [0.5, 0.6) is 0 Å². The summed E-state index contributed by atoms with van der Waals surface area (Å²) in [5.74, 6) is -1.43. The van der Waals surface area contributed by atoms with E-state index >= 15 is 0 Å². The zero-order valence-electron chi connectivity index (χ0n) is 19.6. The molecular weight excluding hydrogens is 428 g/mol. The molecule has 0 spiro atoms. The minimum atomic E-state index is -1.84. The Balaban J connectivity index is 1.31. The van der Waals surface area contributed by atoms with Crippen LogP contribution < -0.4 is 5.32 Å². The van der Waals surface area contributed by atoms with E-state index in [0.717, 1.165) is 29.5 Å². The molecule has 34 heavy (non-hydrogen) atoms. The third-order valence-corrected chi connectivity index (χ3v) is 6.75. The summed E-state index contributed by atoms with van der Waals surface area (Å²) in [6, 6.07) is 15.3. The summed E-state index contributed by atoms with van der Waals surface area (Å²) >= 11 is 0. The Labute approximate surface area is 200 Å². The fourth-order valence-corrected chi connectivity index (χ4v) is 4.63. The number of aliphatic hydroxyl groups is 2. The van der Waals surface area contributed by atoms with Crippen LogP contribution >= 0.6 is 0 Å². The van der Waals surface area contributed by atoms with Crippen LogP contribution in [0.4, 0.5) is 0 Å². The van der Waals surface area contributed by atoms with Crippen molar-refractivity contribution in [1.29, 1.82) is 0 Å². The van der Waals surface area contributed by atoms with Gasteiger partial charge in [0.25, 0.3) is 11.8 Å². The van der Waals surface area contributed by atoms with Gasteiger partial charge in [-0.25, -0.2) is 0 Å². The number of nitrogens with zero attached hydrogens (tertiary/aromatic N) is 1. The minimum absolute atomic E-state index is 0.0968. The second-order valence-electron chi connectivity index (χ2n) is 9.65. The van der Waals surface area contributed by atoms with Crippen molar-refractivity contribution in [1.82, 2.24) is 10.2 Å². The molecule has 1 aliphatic carbocycles. The lowest BCUT2D eigenvalue weighted by molar-refractivity contribution is -0.153. The molecule has 0 fully saturated rings. The van der Waals surface area contributed by atoms with Crippen LogP contribution in [0.25, 0.3) is 0 Å². The number of carbonyl (C=O) groups excluding carboxylic acids is 2. The van der Waals surface area contributed by atoms with Gasteiger partial charge >= 0.3 is 0 Å². The molecule has 0 aromatic heterocycles. The fourth-order valence-electron chi connectivity index (χ4n) is 4.63. The molecule has 6 nitrogen and oxygen atoms in total. The highest BCUT2D eigenvalue weighted by atomic mass is 16.3. The van der Waals surface area contributed by atoms with Crippen LogP contribution in [0.2, 0.25) is 0 Å². The Morgan fingerprint density at radius 2 is 1.65 bits per heavy atom. The molecule has 1 aliphatic heterocycles. The maximum absolute atomic E-state index is 12.7. The molecule has 3 N–H and O–H groups in total. The predicted molar refractivity (Wildman–Crippen MR) is 130 cm³/mol. The van der Waals surface area contributed by atoms with Gasteiger partial charge in [-0.05, 0) is 47.4 Å². The van der Waals surface area contributed by atoms with Crippen molar-refractivity contribution in [2.24, 2.45) is 5.41 Å². The number of carbonyl (C=O) groups is 2. The Kier molecular flexibility index (Phi) is 7.00. The fraction of sp³-hybridized carbons (Fsp3) is 0.357. The molecule has 178 valence electrons. The average molecular weight is 461 g/mol. The average Bonchev–Trinajstić information content (AvgIpc) is 3.27. The molecule has 4 rings (SSSR count). The number of aliphatic hydroxyl groups excluding tert-OH is 2. The van der Waals surface area contributed by atoms with E-state index in [0.29, 0.717) is 13.1 Å². The maximum Gasteiger partial charge on any atom is 0.255 e. The molecule has 0 saturated heterocycles. The van der Waals surface area contributed by atoms with Crippen molar-refractivity contribution in [2.75, 3.05) is 0 Å². The van der Waals surface area contributed by atoms with Crippen molar-refractivity contribution in [3.8, 4) is 0 Å². The highest BCUT2D eigenvalue weighted by Crippen LogP contribution is 2.31. The van der Waals surface area contributed by atoms with Crippen molar-refractivity contribution in [3.05, 3.63) is 95.1 Å². The topological polar surface area (TPSA) is 89.9 Å². The Morgan fingerprint density at radius 3 is 2.24 bits per heavy atom. The molecule has 2 aliphatic rings. The van der Waals surface area contributed by atoms with Crippen molar-refractivity contribution in [2.45, 2.75) is 58.0 Å². The van der Waals surface area contributed by atoms with Gasteiger partial charge in [0.1, 0.15) is 0 Å². The van der Waals surface area contributed by atoms with Gasteiger partial charge in [-0.3, -0.25) is 9.59 Å². The third-order valence-electron chi connectivity index (χ3n) is 6.75. The smallest absolute Gasteiger partial charge is 0.255 e. The Hall–Kier alpha value is -3.22. The molecular formula is C28H32N2O4. The number of benzene rings is 2. The van der Waals surface area contributed by atoms with Crippen LogP contribution in [-0.4, -0.2) is 39.1 Å². The zero-order chi connectivity index (χ0) is 24.3. The molecule has 6 heteroatoms. The van der Waals surface area contributed by atoms with Crippen LogP contribution in [0.15, 0.2) is 72.8 Å². The van der Waals surface area contributed by atoms with Crippen molar-refractivity contribution < 1.29 is 19.8 Å². The summed E-state index contributed by atoms with van der Waals surface area (Å²) < 4.78 is 0. The van der Waals surface area contributed by atoms with Crippen molar-refractivity contribution in [3.63, 3.8) is 0 Å². The molecule has 4 atom stereocenters. The zero-order valence-corrected chi connectivity index (χ0v) is 19.6. The molecule has 0 bridgehead atoms.